The van der Waals surface area contributed by atoms with E-state index >= 15 is 0 Å². The van der Waals surface area contributed by atoms with E-state index in [-0.39, 0.29) is 12.2 Å². The second kappa shape index (κ2) is 7.27. The molecule has 0 rings (SSSR count). The molecule has 0 aliphatic heterocycles. The number of allylic oxidation sites excluding steroid dienone is 4. The third-order valence-corrected chi connectivity index (χ3v) is 1.81. The predicted octanol–water partition coefficient (Wildman–Crippen LogP) is 6.11. The fraction of sp³-hybridized carbons (Fsp3) is 0.600. The summed E-state index contributed by atoms with van der Waals surface area (Å²) >= 11 is 0. The zero-order valence-electron chi connectivity index (χ0n) is 10.7. The third-order valence-electron chi connectivity index (χ3n) is 1.81. The normalized spacial score (nSPS) is 14.2. The topological polar surface area (TPSA) is 0 Å². The van der Waals surface area contributed by atoms with Crippen molar-refractivity contribution in [2.24, 2.45) is 0 Å². The van der Waals surface area contributed by atoms with E-state index in [0.717, 1.165) is 6.92 Å². The molecule has 0 N–H and O–H groups in total. The summed E-state index contributed by atoms with van der Waals surface area (Å²) in [4.78, 5) is 0. The summed E-state index contributed by atoms with van der Waals surface area (Å²) in [5.74, 6) is -7.84. The lowest BCUT2D eigenvalue weighted by atomic mass is 10.2. The Bertz CT molecular complexity index is 387. The highest BCUT2D eigenvalue weighted by Crippen LogP contribution is 2.41. The van der Waals surface area contributed by atoms with Crippen LogP contribution in [0.25, 0.3) is 0 Å². The van der Waals surface area contributed by atoms with Crippen LogP contribution in [0.4, 0.5) is 52.7 Å². The molecule has 0 aliphatic carbocycles. The van der Waals surface area contributed by atoms with Gasteiger partial charge in [0.05, 0.1) is 0 Å². The maximum atomic E-state index is 11.8. The molecule has 22 heavy (non-hydrogen) atoms. The number of halogens is 12. The molecule has 0 bridgehead atoms. The van der Waals surface area contributed by atoms with Gasteiger partial charge in [-0.3, -0.25) is 0 Å². The Balaban J connectivity index is 0. The van der Waals surface area contributed by atoms with Crippen molar-refractivity contribution in [3.8, 4) is 0 Å². The van der Waals surface area contributed by atoms with E-state index in [9.17, 15) is 52.7 Å². The number of hydrogen-bond donors (Lipinski definition) is 0. The summed E-state index contributed by atoms with van der Waals surface area (Å²) in [5, 5.41) is 0. The monoisotopic (exact) mass is 356 g/mol. The minimum Gasteiger partial charge on any atom is -0.205 e. The molecule has 0 aliphatic rings. The molecule has 0 aromatic rings. The zero-order valence-corrected chi connectivity index (χ0v) is 10.7. The molecule has 0 radical (unpaired) electrons. The summed E-state index contributed by atoms with van der Waals surface area (Å²) in [6, 6.07) is 0. The Morgan fingerprint density at radius 3 is 1.00 bits per heavy atom. The highest BCUT2D eigenvalue weighted by Gasteiger charge is 2.60. The second-order valence-electron chi connectivity index (χ2n) is 3.41. The standard InChI is InChI=1S/2C5H4F6/c1-2-3(6)4(7,8)5(9,10)11;1-2-3(4(6,7)8)5(9,10)11/h2*2H,1H3/b3-2-;. The first-order chi connectivity index (χ1) is 9.42. The Labute approximate surface area is 116 Å². The predicted molar refractivity (Wildman–Crippen MR) is 51.7 cm³/mol. The molecule has 0 unspecified atom stereocenters. The molecule has 0 saturated heterocycles. The Hall–Kier alpha value is -1.36. The summed E-state index contributed by atoms with van der Waals surface area (Å²) in [7, 11) is 0. The molecule has 0 aromatic carbocycles. The van der Waals surface area contributed by atoms with Crippen molar-refractivity contribution in [2.45, 2.75) is 38.3 Å². The highest BCUT2D eigenvalue weighted by molar-refractivity contribution is 5.13. The van der Waals surface area contributed by atoms with Gasteiger partial charge in [-0.05, 0) is 19.9 Å². The van der Waals surface area contributed by atoms with Crippen molar-refractivity contribution < 1.29 is 52.7 Å². The molecule has 12 heteroatoms. The van der Waals surface area contributed by atoms with Crippen LogP contribution in [0.15, 0.2) is 23.6 Å². The Morgan fingerprint density at radius 2 is 0.955 bits per heavy atom. The molecule has 0 atom stereocenters. The highest BCUT2D eigenvalue weighted by atomic mass is 19.4. The molecule has 132 valence electrons. The number of rotatable bonds is 1. The van der Waals surface area contributed by atoms with Crippen LogP contribution in [0.5, 0.6) is 0 Å². The molecule has 0 spiro atoms. The zero-order chi connectivity index (χ0) is 18.6. The summed E-state index contributed by atoms with van der Waals surface area (Å²) < 4.78 is 138. The van der Waals surface area contributed by atoms with Crippen molar-refractivity contribution >= 4 is 0 Å². The Kier molecular flexibility index (Phi) is 7.57. The van der Waals surface area contributed by atoms with Gasteiger partial charge in [-0.2, -0.15) is 48.3 Å². The Morgan fingerprint density at radius 1 is 0.636 bits per heavy atom. The minimum absolute atomic E-state index is 0. The van der Waals surface area contributed by atoms with Crippen LogP contribution in [0.3, 0.4) is 0 Å². The third kappa shape index (κ3) is 6.60. The van der Waals surface area contributed by atoms with Gasteiger partial charge < -0.3 is 0 Å². The lowest BCUT2D eigenvalue weighted by Crippen LogP contribution is -2.36. The fourth-order valence-corrected chi connectivity index (χ4v) is 0.805. The SMILES string of the molecule is C/C=C(\F)C(F)(F)C(F)(F)F.CC=C(C(F)(F)F)C(F)(F)F. The fourth-order valence-electron chi connectivity index (χ4n) is 0.805. The first kappa shape index (κ1) is 22.9. The van der Waals surface area contributed by atoms with Crippen LogP contribution >= 0.6 is 0 Å². The van der Waals surface area contributed by atoms with Crippen molar-refractivity contribution in [3.63, 3.8) is 0 Å². The van der Waals surface area contributed by atoms with Crippen LogP contribution in [0, 0.1) is 0 Å². The van der Waals surface area contributed by atoms with E-state index < -0.39 is 35.9 Å². The second-order valence-corrected chi connectivity index (χ2v) is 3.41. The molecule has 0 nitrogen and oxygen atoms in total. The van der Waals surface area contributed by atoms with E-state index in [0.29, 0.717) is 6.92 Å². The molecule has 0 saturated carbocycles. The lowest BCUT2D eigenvalue weighted by molar-refractivity contribution is -0.270. The average molecular weight is 356 g/mol. The van der Waals surface area contributed by atoms with Gasteiger partial charge >= 0.3 is 24.5 Å². The molecule has 0 aromatic heterocycles. The molecule has 0 amide bonds. The molecular weight excluding hydrogens is 348 g/mol. The molecule has 0 heterocycles. The quantitative estimate of drug-likeness (QED) is 0.393. The van der Waals surface area contributed by atoms with Gasteiger partial charge in [0, 0.05) is 0 Å². The maximum Gasteiger partial charge on any atom is 0.460 e. The van der Waals surface area contributed by atoms with Gasteiger partial charge in [-0.15, -0.1) is 0 Å². The van der Waals surface area contributed by atoms with E-state index in [1.54, 1.807) is 0 Å². The average Bonchev–Trinajstić information content (AvgIpc) is 2.23. The van der Waals surface area contributed by atoms with Gasteiger partial charge in [-0.1, -0.05) is 6.08 Å². The molecule has 0 fully saturated rings. The van der Waals surface area contributed by atoms with E-state index in [1.165, 1.54) is 0 Å². The number of hydrogen-bond acceptors (Lipinski definition) is 0. The smallest absolute Gasteiger partial charge is 0.205 e. The summed E-state index contributed by atoms with van der Waals surface area (Å²) in [6.07, 6.45) is -16.4. The lowest BCUT2D eigenvalue weighted by Gasteiger charge is -2.16. The van der Waals surface area contributed by atoms with Crippen molar-refractivity contribution in [1.82, 2.24) is 0 Å². The van der Waals surface area contributed by atoms with Crippen molar-refractivity contribution in [1.29, 1.82) is 0 Å². The van der Waals surface area contributed by atoms with E-state index in [1.807, 2.05) is 0 Å². The van der Waals surface area contributed by atoms with Gasteiger partial charge in [0.15, 0.2) is 5.83 Å². The van der Waals surface area contributed by atoms with E-state index in [4.69, 9.17) is 0 Å². The minimum atomic E-state index is -5.86. The summed E-state index contributed by atoms with van der Waals surface area (Å²) in [5.41, 5.74) is -2.47. The van der Waals surface area contributed by atoms with Crippen LogP contribution in [0.2, 0.25) is 0 Å². The molecular formula is C10H8F12. The van der Waals surface area contributed by atoms with Crippen LogP contribution < -0.4 is 0 Å². The van der Waals surface area contributed by atoms with Crippen LogP contribution in [-0.2, 0) is 0 Å². The first-order valence-corrected chi connectivity index (χ1v) is 5.00. The van der Waals surface area contributed by atoms with Gasteiger partial charge in [0.1, 0.15) is 5.57 Å². The van der Waals surface area contributed by atoms with Gasteiger partial charge in [0.2, 0.25) is 0 Å². The largest absolute Gasteiger partial charge is 0.460 e. The number of alkyl halides is 11. The van der Waals surface area contributed by atoms with Gasteiger partial charge in [0.25, 0.3) is 0 Å². The van der Waals surface area contributed by atoms with Crippen LogP contribution in [0.1, 0.15) is 13.8 Å². The van der Waals surface area contributed by atoms with E-state index in [2.05, 4.69) is 0 Å². The first-order valence-electron chi connectivity index (χ1n) is 5.00. The van der Waals surface area contributed by atoms with Crippen LogP contribution in [-0.4, -0.2) is 24.5 Å². The van der Waals surface area contributed by atoms with Gasteiger partial charge in [-0.25, -0.2) is 4.39 Å². The van der Waals surface area contributed by atoms with Crippen molar-refractivity contribution in [2.75, 3.05) is 0 Å². The summed E-state index contributed by atoms with van der Waals surface area (Å²) in [6.45, 7) is 1.45. The maximum absolute atomic E-state index is 11.8. The van der Waals surface area contributed by atoms with Crippen molar-refractivity contribution in [3.05, 3.63) is 23.6 Å².